The third-order valence-electron chi connectivity index (χ3n) is 6.70. The zero-order chi connectivity index (χ0) is 24.1. The minimum atomic E-state index is -0.0752. The number of anilines is 3. The van der Waals surface area contributed by atoms with Crippen LogP contribution in [0.4, 0.5) is 17.5 Å². The number of aromatic nitrogens is 2. The van der Waals surface area contributed by atoms with E-state index in [-0.39, 0.29) is 17.9 Å². The summed E-state index contributed by atoms with van der Waals surface area (Å²) in [5.41, 5.74) is 2.27. The molecule has 4 rings (SSSR count). The first-order chi connectivity index (χ1) is 16.5. The lowest BCUT2D eigenvalue weighted by atomic mass is 10.1. The Morgan fingerprint density at radius 3 is 2.47 bits per heavy atom. The van der Waals surface area contributed by atoms with Crippen molar-refractivity contribution in [3.63, 3.8) is 0 Å². The molecule has 2 aliphatic rings. The number of hydrogen-bond donors (Lipinski definition) is 2. The number of carbonyl (C=O) groups excluding carboxylic acids is 2. The minimum Gasteiger partial charge on any atom is -0.351 e. The van der Waals surface area contributed by atoms with Crippen molar-refractivity contribution in [1.29, 1.82) is 0 Å². The fraction of sp³-hybridized carbons (Fsp3) is 0.520. The fourth-order valence-electron chi connectivity index (χ4n) is 4.52. The normalized spacial score (nSPS) is 16.7. The largest absolute Gasteiger partial charge is 0.351 e. The summed E-state index contributed by atoms with van der Waals surface area (Å²) >= 11 is 0. The smallest absolute Gasteiger partial charge is 0.251 e. The first kappa shape index (κ1) is 24.1. The second-order valence-electron chi connectivity index (χ2n) is 9.06. The highest BCUT2D eigenvalue weighted by atomic mass is 16.2. The molecule has 0 saturated carbocycles. The van der Waals surface area contributed by atoms with Crippen LogP contribution in [-0.2, 0) is 11.2 Å². The predicted molar refractivity (Wildman–Crippen MR) is 134 cm³/mol. The standard InChI is InChI=1S/C25H35N7O2/c1-4-21(5-2)32-22(33)16-19-17-27-25(29-23(19)32)28-20-8-6-18(7-9-20)24(34)26-10-11-31-14-12-30(3)13-15-31/h6-9,17,21H,4-5,10-16H2,1-3H3,(H,26,34)(H,27,28,29). The van der Waals surface area contributed by atoms with Gasteiger partial charge in [0.2, 0.25) is 11.9 Å². The van der Waals surface area contributed by atoms with Gasteiger partial charge in [0, 0.05) is 68.3 Å². The van der Waals surface area contributed by atoms with Gasteiger partial charge in [0.15, 0.2) is 0 Å². The molecule has 2 amide bonds. The number of fused-ring (bicyclic) bond motifs is 1. The molecule has 1 aromatic carbocycles. The molecule has 0 atom stereocenters. The van der Waals surface area contributed by atoms with Gasteiger partial charge in [0.05, 0.1) is 6.42 Å². The van der Waals surface area contributed by atoms with Crippen LogP contribution < -0.4 is 15.5 Å². The molecule has 1 aromatic heterocycles. The SMILES string of the molecule is CCC(CC)N1C(=O)Cc2cnc(Nc3ccc(C(=O)NCCN4CCN(C)CC4)cc3)nc21. The van der Waals surface area contributed by atoms with E-state index in [9.17, 15) is 9.59 Å². The third kappa shape index (κ3) is 5.53. The van der Waals surface area contributed by atoms with Crippen molar-refractivity contribution in [2.24, 2.45) is 0 Å². The fourth-order valence-corrected chi connectivity index (χ4v) is 4.52. The number of likely N-dealkylation sites (N-methyl/N-ethyl adjacent to an activating group) is 1. The van der Waals surface area contributed by atoms with E-state index >= 15 is 0 Å². The molecule has 0 spiro atoms. The van der Waals surface area contributed by atoms with E-state index in [1.165, 1.54) is 0 Å². The van der Waals surface area contributed by atoms with Crippen LogP contribution in [0.15, 0.2) is 30.5 Å². The van der Waals surface area contributed by atoms with Gasteiger partial charge in [-0.05, 0) is 44.2 Å². The maximum atomic E-state index is 12.5. The van der Waals surface area contributed by atoms with Gasteiger partial charge < -0.3 is 15.5 Å². The van der Waals surface area contributed by atoms with E-state index in [1.54, 1.807) is 18.3 Å². The number of rotatable bonds is 9. The molecule has 2 aliphatic heterocycles. The number of benzene rings is 1. The van der Waals surface area contributed by atoms with E-state index < -0.39 is 0 Å². The minimum absolute atomic E-state index is 0.0752. The highest BCUT2D eigenvalue weighted by Gasteiger charge is 2.33. The molecule has 0 unspecified atom stereocenters. The number of nitrogens with zero attached hydrogens (tertiary/aromatic N) is 5. The van der Waals surface area contributed by atoms with Gasteiger partial charge in [0.1, 0.15) is 5.82 Å². The molecule has 34 heavy (non-hydrogen) atoms. The quantitative estimate of drug-likeness (QED) is 0.587. The lowest BCUT2D eigenvalue weighted by Gasteiger charge is -2.32. The van der Waals surface area contributed by atoms with Gasteiger partial charge in [-0.2, -0.15) is 4.98 Å². The summed E-state index contributed by atoms with van der Waals surface area (Å²) < 4.78 is 0. The van der Waals surface area contributed by atoms with E-state index in [0.717, 1.165) is 56.8 Å². The van der Waals surface area contributed by atoms with Gasteiger partial charge >= 0.3 is 0 Å². The zero-order valence-corrected chi connectivity index (χ0v) is 20.4. The van der Waals surface area contributed by atoms with Crippen molar-refractivity contribution in [2.45, 2.75) is 39.2 Å². The van der Waals surface area contributed by atoms with Gasteiger partial charge in [-0.25, -0.2) is 4.98 Å². The summed E-state index contributed by atoms with van der Waals surface area (Å²) in [5.74, 6) is 1.15. The summed E-state index contributed by atoms with van der Waals surface area (Å²) in [6, 6.07) is 7.42. The highest BCUT2D eigenvalue weighted by Crippen LogP contribution is 2.31. The molecule has 0 bridgehead atoms. The molecule has 0 radical (unpaired) electrons. The number of hydrogen-bond acceptors (Lipinski definition) is 7. The number of amides is 2. The van der Waals surface area contributed by atoms with Crippen molar-refractivity contribution in [2.75, 3.05) is 56.5 Å². The Morgan fingerprint density at radius 1 is 1.09 bits per heavy atom. The molecule has 2 N–H and O–H groups in total. The van der Waals surface area contributed by atoms with Crippen molar-refractivity contribution < 1.29 is 9.59 Å². The lowest BCUT2D eigenvalue weighted by molar-refractivity contribution is -0.117. The van der Waals surface area contributed by atoms with Crippen LogP contribution >= 0.6 is 0 Å². The molecule has 9 heteroatoms. The predicted octanol–water partition coefficient (Wildman–Crippen LogP) is 2.28. The maximum absolute atomic E-state index is 12.5. The summed E-state index contributed by atoms with van der Waals surface area (Å²) in [6.07, 6.45) is 3.85. The average molecular weight is 466 g/mol. The Balaban J connectivity index is 1.33. The zero-order valence-electron chi connectivity index (χ0n) is 20.4. The van der Waals surface area contributed by atoms with Crippen molar-refractivity contribution in [3.05, 3.63) is 41.6 Å². The molecule has 3 heterocycles. The summed E-state index contributed by atoms with van der Waals surface area (Å²) in [7, 11) is 2.14. The van der Waals surface area contributed by atoms with Gasteiger partial charge in [-0.1, -0.05) is 13.8 Å². The number of carbonyl (C=O) groups is 2. The topological polar surface area (TPSA) is 93.7 Å². The van der Waals surface area contributed by atoms with Crippen LogP contribution in [0.5, 0.6) is 0 Å². The van der Waals surface area contributed by atoms with Crippen molar-refractivity contribution >= 4 is 29.3 Å². The van der Waals surface area contributed by atoms with Crippen LogP contribution in [0.1, 0.15) is 42.6 Å². The van der Waals surface area contributed by atoms with Crippen LogP contribution in [0.2, 0.25) is 0 Å². The summed E-state index contributed by atoms with van der Waals surface area (Å²) in [5, 5.41) is 6.21. The molecule has 9 nitrogen and oxygen atoms in total. The van der Waals surface area contributed by atoms with Crippen LogP contribution in [0.25, 0.3) is 0 Å². The first-order valence-corrected chi connectivity index (χ1v) is 12.2. The van der Waals surface area contributed by atoms with Crippen LogP contribution in [-0.4, -0.2) is 83.9 Å². The van der Waals surface area contributed by atoms with E-state index in [1.807, 2.05) is 17.0 Å². The number of piperazine rings is 1. The van der Waals surface area contributed by atoms with Gasteiger partial charge in [-0.3, -0.25) is 19.4 Å². The summed E-state index contributed by atoms with van der Waals surface area (Å²) in [6.45, 7) is 9.91. The second-order valence-corrected chi connectivity index (χ2v) is 9.06. The van der Waals surface area contributed by atoms with E-state index in [4.69, 9.17) is 0 Å². The molecular formula is C25H35N7O2. The van der Waals surface area contributed by atoms with E-state index in [0.29, 0.717) is 30.3 Å². The highest BCUT2D eigenvalue weighted by molar-refractivity contribution is 6.00. The Labute approximate surface area is 201 Å². The maximum Gasteiger partial charge on any atom is 0.251 e. The molecule has 0 aliphatic carbocycles. The molecule has 1 saturated heterocycles. The second kappa shape index (κ2) is 10.9. The average Bonchev–Trinajstić information content (AvgIpc) is 3.17. The molecule has 2 aromatic rings. The molecular weight excluding hydrogens is 430 g/mol. The van der Waals surface area contributed by atoms with Crippen molar-refractivity contribution in [1.82, 2.24) is 25.1 Å². The molecule has 182 valence electrons. The Morgan fingerprint density at radius 2 is 1.79 bits per heavy atom. The van der Waals surface area contributed by atoms with Gasteiger partial charge in [0.25, 0.3) is 5.91 Å². The molecule has 1 fully saturated rings. The number of nitrogens with one attached hydrogen (secondary N) is 2. The van der Waals surface area contributed by atoms with Crippen LogP contribution in [0.3, 0.4) is 0 Å². The Hall–Kier alpha value is -3.04. The Bertz CT molecular complexity index is 999. The lowest BCUT2D eigenvalue weighted by Crippen LogP contribution is -2.46. The summed E-state index contributed by atoms with van der Waals surface area (Å²) in [4.78, 5) is 40.6. The van der Waals surface area contributed by atoms with E-state index in [2.05, 4.69) is 51.3 Å². The van der Waals surface area contributed by atoms with Gasteiger partial charge in [-0.15, -0.1) is 0 Å². The third-order valence-corrected chi connectivity index (χ3v) is 6.70. The Kier molecular flexibility index (Phi) is 7.74. The van der Waals surface area contributed by atoms with Crippen LogP contribution in [0, 0.1) is 0 Å². The monoisotopic (exact) mass is 465 g/mol. The first-order valence-electron chi connectivity index (χ1n) is 12.2. The van der Waals surface area contributed by atoms with Crippen molar-refractivity contribution in [3.8, 4) is 0 Å².